The van der Waals surface area contributed by atoms with Gasteiger partial charge in [-0.1, -0.05) is 18.2 Å². The molecular formula is C17H21NO3. The zero-order valence-corrected chi connectivity index (χ0v) is 12.0. The topological polar surface area (TPSA) is 64.7 Å². The molecule has 0 bridgehead atoms. The van der Waals surface area contributed by atoms with E-state index in [2.05, 4.69) is 0 Å². The highest BCUT2D eigenvalue weighted by Gasteiger charge is 1.97. The molecule has 0 aliphatic heterocycles. The Morgan fingerprint density at radius 2 is 1.62 bits per heavy atom. The highest BCUT2D eigenvalue weighted by molar-refractivity contribution is 5.43. The number of aliphatic hydroxyl groups excluding tert-OH is 1. The molecule has 0 radical (unpaired) electrons. The van der Waals surface area contributed by atoms with E-state index >= 15 is 0 Å². The molecule has 0 heterocycles. The second-order valence-corrected chi connectivity index (χ2v) is 4.74. The van der Waals surface area contributed by atoms with Crippen LogP contribution in [0.3, 0.4) is 0 Å². The van der Waals surface area contributed by atoms with E-state index in [0.29, 0.717) is 25.3 Å². The molecule has 2 rings (SSSR count). The van der Waals surface area contributed by atoms with Crippen molar-refractivity contribution < 1.29 is 14.6 Å². The molecule has 0 saturated heterocycles. The number of benzene rings is 2. The largest absolute Gasteiger partial charge is 0.493 e. The van der Waals surface area contributed by atoms with Gasteiger partial charge in [0.05, 0.1) is 13.2 Å². The predicted octanol–water partition coefficient (Wildman–Crippen LogP) is 2.65. The standard InChI is InChI=1S/C17H21NO3/c18-15-3-1-4-17(13-15)21-12-2-11-20-16-7-5-14(6-8-16)9-10-19/h1,3-8,13,19H,2,9-12,18H2. The number of anilines is 1. The average Bonchev–Trinajstić information content (AvgIpc) is 2.49. The summed E-state index contributed by atoms with van der Waals surface area (Å²) >= 11 is 0. The second kappa shape index (κ2) is 8.17. The van der Waals surface area contributed by atoms with Crippen LogP contribution in [0.5, 0.6) is 11.5 Å². The maximum Gasteiger partial charge on any atom is 0.121 e. The molecule has 4 heteroatoms. The molecular weight excluding hydrogens is 266 g/mol. The lowest BCUT2D eigenvalue weighted by Crippen LogP contribution is -2.05. The van der Waals surface area contributed by atoms with E-state index in [9.17, 15) is 0 Å². The van der Waals surface area contributed by atoms with E-state index in [-0.39, 0.29) is 6.61 Å². The van der Waals surface area contributed by atoms with Crippen LogP contribution in [0.2, 0.25) is 0 Å². The quantitative estimate of drug-likeness (QED) is 0.578. The van der Waals surface area contributed by atoms with Crippen molar-refractivity contribution in [1.82, 2.24) is 0 Å². The fraction of sp³-hybridized carbons (Fsp3) is 0.294. The first-order valence-electron chi connectivity index (χ1n) is 7.09. The molecule has 4 nitrogen and oxygen atoms in total. The Labute approximate surface area is 125 Å². The van der Waals surface area contributed by atoms with Gasteiger partial charge in [0.1, 0.15) is 11.5 Å². The van der Waals surface area contributed by atoms with Crippen molar-refractivity contribution >= 4 is 5.69 Å². The van der Waals surface area contributed by atoms with E-state index < -0.39 is 0 Å². The van der Waals surface area contributed by atoms with E-state index in [1.165, 1.54) is 0 Å². The Kier molecular flexibility index (Phi) is 5.91. The van der Waals surface area contributed by atoms with Crippen molar-refractivity contribution in [1.29, 1.82) is 0 Å². The Hall–Kier alpha value is -2.20. The lowest BCUT2D eigenvalue weighted by Gasteiger charge is -2.09. The van der Waals surface area contributed by atoms with Gasteiger partial charge in [-0.2, -0.15) is 0 Å². The van der Waals surface area contributed by atoms with Crippen molar-refractivity contribution in [2.75, 3.05) is 25.6 Å². The predicted molar refractivity (Wildman–Crippen MR) is 83.7 cm³/mol. The molecule has 112 valence electrons. The van der Waals surface area contributed by atoms with Crippen molar-refractivity contribution in [2.45, 2.75) is 12.8 Å². The van der Waals surface area contributed by atoms with E-state index in [4.69, 9.17) is 20.3 Å². The van der Waals surface area contributed by atoms with Gasteiger partial charge in [-0.25, -0.2) is 0 Å². The summed E-state index contributed by atoms with van der Waals surface area (Å²) in [6, 6.07) is 15.2. The van der Waals surface area contributed by atoms with Gasteiger partial charge in [-0.3, -0.25) is 0 Å². The van der Waals surface area contributed by atoms with Crippen LogP contribution in [0.4, 0.5) is 5.69 Å². The summed E-state index contributed by atoms with van der Waals surface area (Å²) in [5.74, 6) is 1.61. The lowest BCUT2D eigenvalue weighted by atomic mass is 10.1. The van der Waals surface area contributed by atoms with Crippen LogP contribution in [-0.4, -0.2) is 24.9 Å². The molecule has 21 heavy (non-hydrogen) atoms. The number of hydrogen-bond acceptors (Lipinski definition) is 4. The average molecular weight is 287 g/mol. The van der Waals surface area contributed by atoms with Gasteiger partial charge in [0, 0.05) is 24.8 Å². The number of aliphatic hydroxyl groups is 1. The van der Waals surface area contributed by atoms with Gasteiger partial charge in [0.15, 0.2) is 0 Å². The molecule has 0 aromatic heterocycles. The summed E-state index contributed by atoms with van der Waals surface area (Å²) in [4.78, 5) is 0. The summed E-state index contributed by atoms with van der Waals surface area (Å²) in [5.41, 5.74) is 7.49. The zero-order chi connectivity index (χ0) is 14.9. The van der Waals surface area contributed by atoms with Crippen molar-refractivity contribution in [3.05, 3.63) is 54.1 Å². The Bertz CT molecular complexity index is 540. The summed E-state index contributed by atoms with van der Waals surface area (Å²) in [7, 11) is 0. The van der Waals surface area contributed by atoms with Crippen LogP contribution in [0.25, 0.3) is 0 Å². The minimum absolute atomic E-state index is 0.168. The summed E-state index contributed by atoms with van der Waals surface area (Å²) in [5, 5.41) is 8.85. The van der Waals surface area contributed by atoms with Crippen LogP contribution in [0.15, 0.2) is 48.5 Å². The first kappa shape index (κ1) is 15.2. The molecule has 2 aromatic rings. The smallest absolute Gasteiger partial charge is 0.121 e. The summed E-state index contributed by atoms with van der Waals surface area (Å²) in [6.07, 6.45) is 1.47. The van der Waals surface area contributed by atoms with Gasteiger partial charge >= 0.3 is 0 Å². The van der Waals surface area contributed by atoms with Crippen molar-refractivity contribution in [3.63, 3.8) is 0 Å². The van der Waals surface area contributed by atoms with Crippen LogP contribution >= 0.6 is 0 Å². The highest BCUT2D eigenvalue weighted by atomic mass is 16.5. The third-order valence-corrected chi connectivity index (χ3v) is 3.01. The second-order valence-electron chi connectivity index (χ2n) is 4.74. The number of nitrogen functional groups attached to an aromatic ring is 1. The molecule has 0 unspecified atom stereocenters. The van der Waals surface area contributed by atoms with E-state index in [1.54, 1.807) is 6.07 Å². The third-order valence-electron chi connectivity index (χ3n) is 3.01. The fourth-order valence-electron chi connectivity index (χ4n) is 1.92. The normalized spacial score (nSPS) is 10.3. The van der Waals surface area contributed by atoms with Crippen LogP contribution in [0.1, 0.15) is 12.0 Å². The molecule has 0 spiro atoms. The Balaban J connectivity index is 1.65. The molecule has 0 atom stereocenters. The first-order chi connectivity index (χ1) is 10.3. The summed E-state index contributed by atoms with van der Waals surface area (Å²) < 4.78 is 11.2. The van der Waals surface area contributed by atoms with Gasteiger partial charge in [-0.05, 0) is 36.2 Å². The van der Waals surface area contributed by atoms with Gasteiger partial charge < -0.3 is 20.3 Å². The Morgan fingerprint density at radius 1 is 0.905 bits per heavy atom. The first-order valence-corrected chi connectivity index (χ1v) is 7.09. The monoisotopic (exact) mass is 287 g/mol. The molecule has 0 aliphatic carbocycles. The molecule has 2 aromatic carbocycles. The molecule has 0 fully saturated rings. The van der Waals surface area contributed by atoms with E-state index in [1.807, 2.05) is 42.5 Å². The van der Waals surface area contributed by atoms with Crippen LogP contribution in [-0.2, 0) is 6.42 Å². The van der Waals surface area contributed by atoms with Gasteiger partial charge in [-0.15, -0.1) is 0 Å². The van der Waals surface area contributed by atoms with Crippen LogP contribution in [0, 0.1) is 0 Å². The van der Waals surface area contributed by atoms with Gasteiger partial charge in [0.2, 0.25) is 0 Å². The number of rotatable bonds is 8. The SMILES string of the molecule is Nc1cccc(OCCCOc2ccc(CCO)cc2)c1. The molecule has 0 amide bonds. The molecule has 0 aliphatic rings. The number of nitrogens with two attached hydrogens (primary N) is 1. The number of hydrogen-bond donors (Lipinski definition) is 2. The third kappa shape index (κ3) is 5.36. The Morgan fingerprint density at radius 3 is 2.29 bits per heavy atom. The maximum atomic E-state index is 8.85. The highest BCUT2D eigenvalue weighted by Crippen LogP contribution is 2.15. The van der Waals surface area contributed by atoms with E-state index in [0.717, 1.165) is 23.5 Å². The fourth-order valence-corrected chi connectivity index (χ4v) is 1.92. The van der Waals surface area contributed by atoms with Crippen molar-refractivity contribution in [3.8, 4) is 11.5 Å². The maximum absolute atomic E-state index is 8.85. The minimum atomic E-state index is 0.168. The molecule has 0 saturated carbocycles. The van der Waals surface area contributed by atoms with Crippen molar-refractivity contribution in [2.24, 2.45) is 0 Å². The minimum Gasteiger partial charge on any atom is -0.493 e. The van der Waals surface area contributed by atoms with Crippen LogP contribution < -0.4 is 15.2 Å². The number of ether oxygens (including phenoxy) is 2. The zero-order valence-electron chi connectivity index (χ0n) is 12.0. The van der Waals surface area contributed by atoms with Gasteiger partial charge in [0.25, 0.3) is 0 Å². The summed E-state index contributed by atoms with van der Waals surface area (Å²) in [6.45, 7) is 1.36. The molecule has 3 N–H and O–H groups in total. The lowest BCUT2D eigenvalue weighted by molar-refractivity contribution is 0.247.